The van der Waals surface area contributed by atoms with Crippen LogP contribution in [-0.2, 0) is 20.7 Å². The highest BCUT2D eigenvalue weighted by Gasteiger charge is 2.48. The van der Waals surface area contributed by atoms with E-state index in [0.29, 0.717) is 66.2 Å². The van der Waals surface area contributed by atoms with Gasteiger partial charge in [-0.25, -0.2) is 4.90 Å². The van der Waals surface area contributed by atoms with Crippen LogP contribution in [0.2, 0.25) is 0 Å². The van der Waals surface area contributed by atoms with Crippen LogP contribution in [0.15, 0.2) is 46.9 Å². The third-order valence-electron chi connectivity index (χ3n) is 7.50. The number of halogens is 2. The van der Waals surface area contributed by atoms with Crippen molar-refractivity contribution in [3.8, 4) is 0 Å². The molecule has 1 aliphatic heterocycles. The van der Waals surface area contributed by atoms with E-state index in [1.54, 1.807) is 49.4 Å². The number of hydrogen-bond donors (Lipinski definition) is 1. The molecule has 8 nitrogen and oxygen atoms in total. The summed E-state index contributed by atoms with van der Waals surface area (Å²) in [6.45, 7) is 2.59. The number of Topliss-reactive ketones (excluding diaryl/α,β-unsaturated/α-hetero) is 1. The molecular weight excluding hydrogens is 496 g/mol. The van der Waals surface area contributed by atoms with Crippen LogP contribution in [0.3, 0.4) is 0 Å². The number of rotatable bonds is 9. The second kappa shape index (κ2) is 10.8. The number of likely N-dealkylation sites (tertiary alicyclic amines) is 1. The molecule has 1 saturated carbocycles. The van der Waals surface area contributed by atoms with Gasteiger partial charge in [0.2, 0.25) is 5.78 Å². The van der Waals surface area contributed by atoms with Crippen molar-refractivity contribution in [2.45, 2.75) is 64.0 Å². The van der Waals surface area contributed by atoms with E-state index in [-0.39, 0.29) is 18.0 Å². The van der Waals surface area contributed by atoms with Gasteiger partial charge in [-0.05, 0) is 74.8 Å². The van der Waals surface area contributed by atoms with Gasteiger partial charge < -0.3 is 14.3 Å². The topological polar surface area (TPSA) is 96.1 Å². The Hall–Kier alpha value is -3.37. The molecule has 2 aliphatic rings. The molecule has 1 N–H and O–H groups in total. The van der Waals surface area contributed by atoms with E-state index in [1.807, 2.05) is 0 Å². The summed E-state index contributed by atoms with van der Waals surface area (Å²) in [7, 11) is 0. The first-order valence-corrected chi connectivity index (χ1v) is 13.0. The summed E-state index contributed by atoms with van der Waals surface area (Å²) >= 11 is 0. The van der Waals surface area contributed by atoms with E-state index in [1.165, 1.54) is 4.90 Å². The second-order valence-electron chi connectivity index (χ2n) is 10.2. The van der Waals surface area contributed by atoms with Gasteiger partial charge >= 0.3 is 18.0 Å². The molecule has 0 bridgehead atoms. The van der Waals surface area contributed by atoms with Gasteiger partial charge in [0.1, 0.15) is 5.52 Å². The first-order valence-electron chi connectivity index (χ1n) is 13.0. The third kappa shape index (κ3) is 5.28. The molecule has 0 amide bonds. The minimum Gasteiger partial charge on any atom is -0.481 e. The number of anilines is 2. The summed E-state index contributed by atoms with van der Waals surface area (Å²) in [5.74, 6) is -4.65. The number of nitrogens with zero attached hydrogens (tertiary/aromatic N) is 3. The van der Waals surface area contributed by atoms with Gasteiger partial charge in [0.15, 0.2) is 5.58 Å². The Morgan fingerprint density at radius 2 is 1.87 bits per heavy atom. The van der Waals surface area contributed by atoms with E-state index in [4.69, 9.17) is 9.15 Å². The van der Waals surface area contributed by atoms with Gasteiger partial charge in [-0.2, -0.15) is 9.37 Å². The Morgan fingerprint density at radius 3 is 2.55 bits per heavy atom. The van der Waals surface area contributed by atoms with Crippen LogP contribution in [0.1, 0.15) is 49.7 Å². The van der Waals surface area contributed by atoms with Crippen LogP contribution in [0.4, 0.5) is 20.6 Å². The zero-order valence-corrected chi connectivity index (χ0v) is 21.2. The second-order valence-corrected chi connectivity index (χ2v) is 10.2. The predicted molar refractivity (Wildman–Crippen MR) is 136 cm³/mol. The summed E-state index contributed by atoms with van der Waals surface area (Å²) in [5.41, 5.74) is 2.19. The highest BCUT2D eigenvalue weighted by atomic mass is 19.2. The fraction of sp³-hybridized carbons (Fsp3) is 0.464. The highest BCUT2D eigenvalue weighted by molar-refractivity contribution is 5.88. The van der Waals surface area contributed by atoms with Crippen molar-refractivity contribution in [2.75, 3.05) is 18.2 Å². The van der Waals surface area contributed by atoms with E-state index in [9.17, 15) is 14.7 Å². The van der Waals surface area contributed by atoms with Gasteiger partial charge in [0.05, 0.1) is 17.7 Å². The number of fused-ring (bicyclic) bond motifs is 1. The average molecular weight is 528 g/mol. The molecule has 1 atom stereocenters. The number of aliphatic carboxylic acids is 1. The van der Waals surface area contributed by atoms with Crippen LogP contribution in [-0.4, -0.2) is 51.9 Å². The number of ether oxygens (including phenoxy) is 1. The van der Waals surface area contributed by atoms with E-state index in [2.05, 4.69) is 4.98 Å². The first kappa shape index (κ1) is 26.2. The Kier molecular flexibility index (Phi) is 7.45. The van der Waals surface area contributed by atoms with Crippen molar-refractivity contribution in [3.05, 3.63) is 53.6 Å². The number of ketones is 1. The van der Waals surface area contributed by atoms with Crippen LogP contribution < -0.4 is 5.12 Å². The molecule has 1 aliphatic carbocycles. The Balaban J connectivity index is 1.33. The number of carbonyl (C=O) groups is 2. The van der Waals surface area contributed by atoms with Gasteiger partial charge in [-0.15, -0.1) is 5.12 Å². The lowest BCUT2D eigenvalue weighted by atomic mass is 9.87. The zero-order chi connectivity index (χ0) is 26.9. The molecule has 1 aromatic heterocycles. The molecular formula is C28H31F2N3O5. The van der Waals surface area contributed by atoms with Crippen LogP contribution in [0.25, 0.3) is 11.1 Å². The van der Waals surface area contributed by atoms with Crippen molar-refractivity contribution >= 4 is 34.6 Å². The summed E-state index contributed by atoms with van der Waals surface area (Å²) in [5, 5.41) is 9.61. The smallest absolute Gasteiger partial charge is 0.332 e. The van der Waals surface area contributed by atoms with E-state index in [0.717, 1.165) is 12.8 Å². The van der Waals surface area contributed by atoms with E-state index < -0.39 is 29.8 Å². The van der Waals surface area contributed by atoms with Crippen molar-refractivity contribution in [2.24, 2.45) is 5.92 Å². The van der Waals surface area contributed by atoms with Crippen molar-refractivity contribution in [1.82, 2.24) is 9.88 Å². The third-order valence-corrected chi connectivity index (χ3v) is 7.50. The van der Waals surface area contributed by atoms with E-state index >= 15 is 8.87 Å². The number of benzene rings is 2. The molecule has 0 spiro atoms. The number of carboxylic acid groups (broad SMARTS) is 1. The number of alkyl halides is 1. The van der Waals surface area contributed by atoms with Crippen LogP contribution in [0.5, 0.6) is 0 Å². The Bertz CT molecular complexity index is 1320. The van der Waals surface area contributed by atoms with Crippen LogP contribution >= 0.6 is 0 Å². The largest absolute Gasteiger partial charge is 0.481 e. The summed E-state index contributed by atoms with van der Waals surface area (Å²) < 4.78 is 42.9. The highest BCUT2D eigenvalue weighted by Crippen LogP contribution is 2.35. The maximum Gasteiger partial charge on any atom is 0.332 e. The quantitative estimate of drug-likeness (QED) is 0.282. The first-order chi connectivity index (χ1) is 18.2. The van der Waals surface area contributed by atoms with Gasteiger partial charge in [0, 0.05) is 19.5 Å². The predicted octanol–water partition coefficient (Wildman–Crippen LogP) is 5.65. The van der Waals surface area contributed by atoms with Gasteiger partial charge in [0.25, 0.3) is 0 Å². The number of carboxylic acids is 1. The molecule has 0 radical (unpaired) electrons. The van der Waals surface area contributed by atoms with Crippen LogP contribution in [0, 0.1) is 12.8 Å². The minimum atomic E-state index is -2.60. The maximum absolute atomic E-state index is 16.4. The molecule has 1 saturated heterocycles. The zero-order valence-electron chi connectivity index (χ0n) is 21.2. The Labute approximate surface area is 219 Å². The monoisotopic (exact) mass is 527 g/mol. The molecule has 2 fully saturated rings. The molecule has 0 unspecified atom stereocenters. The number of hydrogen-bond acceptors (Lipinski definition) is 7. The summed E-state index contributed by atoms with van der Waals surface area (Å²) in [6, 6.07) is 11.5. The number of oxazole rings is 1. The fourth-order valence-corrected chi connectivity index (χ4v) is 5.30. The SMILES string of the molecule is Cc1ccccc1N(F)c1nc2ccc(CC(=O)[C@@](F)(OC3CCC(C(=O)O)CC3)N3CCCC3)cc2o1. The molecule has 2 heterocycles. The fourth-order valence-electron chi connectivity index (χ4n) is 5.30. The van der Waals surface area contributed by atoms with Crippen molar-refractivity contribution in [3.63, 3.8) is 0 Å². The molecule has 3 aromatic rings. The lowest BCUT2D eigenvalue weighted by Gasteiger charge is -2.37. The number of aryl methyl sites for hydroxylation is 1. The van der Waals surface area contributed by atoms with Crippen molar-refractivity contribution in [1.29, 1.82) is 0 Å². The number of para-hydroxylation sites is 1. The lowest BCUT2D eigenvalue weighted by molar-refractivity contribution is -0.252. The average Bonchev–Trinajstić information content (AvgIpc) is 3.59. The Morgan fingerprint density at radius 1 is 1.16 bits per heavy atom. The summed E-state index contributed by atoms with van der Waals surface area (Å²) in [4.78, 5) is 30.3. The lowest BCUT2D eigenvalue weighted by Crippen LogP contribution is -2.54. The molecule has 10 heteroatoms. The molecule has 202 valence electrons. The molecule has 38 heavy (non-hydrogen) atoms. The molecule has 5 rings (SSSR count). The van der Waals surface area contributed by atoms with Crippen molar-refractivity contribution < 1.29 is 32.7 Å². The normalized spacial score (nSPS) is 21.9. The minimum absolute atomic E-state index is 0.241. The van der Waals surface area contributed by atoms with Gasteiger partial charge in [-0.1, -0.05) is 28.7 Å². The standard InChI is InChI=1S/C28H31F2N3O5/c1-18-6-2-3-7-23(18)33(30)27-31-22-13-8-19(16-24(22)37-27)17-25(34)28(29,32-14-4-5-15-32)38-21-11-9-20(10-12-21)26(35)36/h2-3,6-8,13,16,20-21H,4-5,9-12,14-15,17H2,1H3,(H,35,36)/t20?,21?,28-/m0/s1. The molecule has 2 aromatic carbocycles. The summed E-state index contributed by atoms with van der Waals surface area (Å²) in [6.07, 6.45) is 2.31. The number of aromatic nitrogens is 1. The maximum atomic E-state index is 16.4. The number of carbonyl (C=O) groups excluding carboxylic acids is 1. The van der Waals surface area contributed by atoms with Gasteiger partial charge in [-0.3, -0.25) is 9.59 Å².